The minimum atomic E-state index is -0.965. The lowest BCUT2D eigenvalue weighted by Gasteiger charge is -2.06. The lowest BCUT2D eigenvalue weighted by Crippen LogP contribution is -1.99. The van der Waals surface area contributed by atoms with Gasteiger partial charge in [0.05, 0.1) is 10.5 Å². The van der Waals surface area contributed by atoms with Gasteiger partial charge in [-0.1, -0.05) is 125 Å². The van der Waals surface area contributed by atoms with Crippen LogP contribution in [0.1, 0.15) is 75.8 Å². The monoisotopic (exact) mass is 1860 g/mol. The van der Waals surface area contributed by atoms with Gasteiger partial charge in [-0.3, -0.25) is 42.3 Å². The van der Waals surface area contributed by atoms with Crippen LogP contribution in [0.4, 0.5) is 5.69 Å². The topological polar surface area (TPSA) is 359 Å². The number of benzene rings is 6. The molecule has 39 heteroatoms. The van der Waals surface area contributed by atoms with Crippen LogP contribution in [0.3, 0.4) is 0 Å². The first-order chi connectivity index (χ1) is 55.0. The third-order valence-corrected chi connectivity index (χ3v) is 19.8. The zero-order chi connectivity index (χ0) is 81.8. The van der Waals surface area contributed by atoms with Crippen LogP contribution in [0.5, 0.6) is 0 Å². The maximum Gasteiger partial charge on any atom is 0.335 e. The van der Waals surface area contributed by atoms with E-state index in [1.54, 1.807) is 97.9 Å². The van der Waals surface area contributed by atoms with Gasteiger partial charge in [-0.2, -0.15) is 0 Å². The number of hydrogen-bond donors (Lipinski definition) is 1. The van der Waals surface area contributed by atoms with Crippen molar-refractivity contribution in [1.82, 2.24) is 117 Å². The summed E-state index contributed by atoms with van der Waals surface area (Å²) in [7, 11) is 0. The summed E-state index contributed by atoms with van der Waals surface area (Å²) in [6, 6.07) is 43.6. The first-order valence-corrected chi connectivity index (χ1v) is 38.4. The number of nitro groups is 1. The van der Waals surface area contributed by atoms with Crippen molar-refractivity contribution in [3.8, 4) is 34.1 Å². The second kappa shape index (κ2) is 36.0. The summed E-state index contributed by atoms with van der Waals surface area (Å²) in [6.07, 6.45) is 8.20. The van der Waals surface area contributed by atoms with Gasteiger partial charge in [-0.15, -0.1) is 0 Å². The van der Waals surface area contributed by atoms with Crippen molar-refractivity contribution in [3.05, 3.63) is 284 Å². The SMILES string of the molecule is C.CC(=O)c1ccc(-n2cnc3c(Cl)nc(C)nc32)cc1.Cc1nc(Cl)c2nc(C)n(-c3ccc(Br)cc3)c2n1.Cc1nc(Cl)c2ncn(-c3ccc(Br)cc3)c2n1.Cc1nc(Cl)c2ncn(-c3ccc(Br)cc3)c2n1.Cc1nc(Cl)c2ncn(-c3ccc(C(=O)O)cc3)c2n1.Cc1nc(Cl)c2ncn(-c3ccc([N+](=O)[O-])cc3)c2n1. The lowest BCUT2D eigenvalue weighted by atomic mass is 10.1. The second-order valence-corrected chi connectivity index (χ2v) is 29.5. The maximum absolute atomic E-state index is 11.3. The molecular formula is C77H58Br3Cl6N25O5. The van der Waals surface area contributed by atoms with Gasteiger partial charge in [-0.25, -0.2) is 94.5 Å². The van der Waals surface area contributed by atoms with E-state index < -0.39 is 10.9 Å². The van der Waals surface area contributed by atoms with Gasteiger partial charge < -0.3 is 5.11 Å². The Morgan fingerprint density at radius 1 is 0.336 bits per heavy atom. The van der Waals surface area contributed by atoms with E-state index >= 15 is 0 Å². The average Bonchev–Trinajstić information content (AvgIpc) is 1.62. The average molecular weight is 1870 g/mol. The molecule has 0 amide bonds. The number of imidazole rings is 6. The van der Waals surface area contributed by atoms with Crippen molar-refractivity contribution in [1.29, 1.82) is 0 Å². The number of hydrogen-bond acceptors (Lipinski definition) is 22. The Hall–Kier alpha value is -11.7. The van der Waals surface area contributed by atoms with Gasteiger partial charge >= 0.3 is 5.97 Å². The van der Waals surface area contributed by atoms with Crippen LogP contribution in [0, 0.1) is 58.6 Å². The molecule has 12 aromatic heterocycles. The molecule has 0 spiro atoms. The Morgan fingerprint density at radius 2 is 0.569 bits per heavy atom. The van der Waals surface area contributed by atoms with E-state index in [9.17, 15) is 19.7 Å². The highest BCUT2D eigenvalue weighted by atomic mass is 79.9. The fraction of sp³-hybridized carbons (Fsp3) is 0.117. The highest BCUT2D eigenvalue weighted by molar-refractivity contribution is 9.11. The van der Waals surface area contributed by atoms with Gasteiger partial charge in [0.2, 0.25) is 0 Å². The molecule has 0 atom stereocenters. The zero-order valence-electron chi connectivity index (χ0n) is 60.9. The number of carbonyl (C=O) groups excluding carboxylic acids is 1. The van der Waals surface area contributed by atoms with E-state index in [1.807, 2.05) is 131 Å². The third-order valence-electron chi connectivity index (χ3n) is 16.6. The first-order valence-electron chi connectivity index (χ1n) is 33.8. The molecule has 30 nitrogen and oxygen atoms in total. The molecule has 0 fully saturated rings. The Labute approximate surface area is 713 Å². The van der Waals surface area contributed by atoms with E-state index in [4.69, 9.17) is 74.7 Å². The Balaban J connectivity index is 0.000000128. The quantitative estimate of drug-likeness (QED) is 0.0607. The number of carbonyl (C=O) groups is 2. The van der Waals surface area contributed by atoms with Gasteiger partial charge in [-0.05, 0) is 189 Å². The normalized spacial score (nSPS) is 10.9. The fourth-order valence-corrected chi connectivity index (χ4v) is 13.7. The molecule has 1 N–H and O–H groups in total. The van der Waals surface area contributed by atoms with Crippen LogP contribution < -0.4 is 0 Å². The van der Waals surface area contributed by atoms with Crippen LogP contribution in [0.2, 0.25) is 30.9 Å². The summed E-state index contributed by atoms with van der Waals surface area (Å²) in [6.45, 7) is 14.2. The number of aromatic carboxylic acids is 1. The molecule has 6 aromatic carbocycles. The highest BCUT2D eigenvalue weighted by Crippen LogP contribution is 2.31. The predicted molar refractivity (Wildman–Crippen MR) is 457 cm³/mol. The van der Waals surface area contributed by atoms with Gasteiger partial charge in [0, 0.05) is 65.2 Å². The predicted octanol–water partition coefficient (Wildman–Crippen LogP) is 19.7. The molecule has 0 saturated heterocycles. The second-order valence-electron chi connectivity index (χ2n) is 24.6. The summed E-state index contributed by atoms with van der Waals surface area (Å²) in [4.78, 5) is 109. The summed E-state index contributed by atoms with van der Waals surface area (Å²) >= 11 is 46.6. The molecule has 0 bridgehead atoms. The summed E-state index contributed by atoms with van der Waals surface area (Å²) in [5.41, 5.74) is 13.6. The number of aryl methyl sites for hydroxylation is 7. The van der Waals surface area contributed by atoms with Gasteiger partial charge in [0.1, 0.15) is 106 Å². The van der Waals surface area contributed by atoms with E-state index in [0.29, 0.717) is 122 Å². The van der Waals surface area contributed by atoms with Crippen molar-refractivity contribution in [2.24, 2.45) is 0 Å². The molecule has 18 aromatic rings. The van der Waals surface area contributed by atoms with E-state index in [-0.39, 0.29) is 29.6 Å². The summed E-state index contributed by atoms with van der Waals surface area (Å²) in [5, 5.41) is 21.6. The van der Waals surface area contributed by atoms with E-state index in [1.165, 1.54) is 31.2 Å². The molecule has 0 saturated carbocycles. The number of carboxylic acids is 1. The number of nitro benzene ring substituents is 1. The number of aromatic nitrogens is 24. The van der Waals surface area contributed by atoms with Crippen LogP contribution in [-0.4, -0.2) is 139 Å². The number of ketones is 1. The molecule has 116 heavy (non-hydrogen) atoms. The number of rotatable bonds is 9. The molecule has 0 aliphatic carbocycles. The Kier molecular flexibility index (Phi) is 26.0. The Bertz CT molecular complexity index is 6270. The fourth-order valence-electron chi connectivity index (χ4n) is 11.4. The number of halogens is 9. The number of carboxylic acid groups (broad SMARTS) is 1. The van der Waals surface area contributed by atoms with E-state index in [2.05, 4.69) is 138 Å². The van der Waals surface area contributed by atoms with Crippen LogP contribution in [-0.2, 0) is 0 Å². The molecule has 0 radical (unpaired) electrons. The zero-order valence-corrected chi connectivity index (χ0v) is 70.2. The molecule has 584 valence electrons. The first kappa shape index (κ1) is 83.8. The smallest absolute Gasteiger partial charge is 0.335 e. The number of nitrogens with zero attached hydrogens (tertiary/aromatic N) is 25. The minimum absolute atomic E-state index is 0. The number of Topliss-reactive ketones (excluding diaryl/α,β-unsaturated/α-hetero) is 1. The molecular weight excluding hydrogens is 1810 g/mol. The number of fused-ring (bicyclic) bond motifs is 6. The van der Waals surface area contributed by atoms with Crippen LogP contribution in [0.15, 0.2) is 191 Å². The standard InChI is InChI=1S/C14H11ClN4O.C13H10BrClN4.C13H9ClN4O2.2C12H8BrClN4.C12H8ClN5O2.CH4/c1-8(20)10-3-5-11(6-4-10)19-7-16-12-13(15)17-9(2)18-14(12)19;1-7-16-12(15)11-13(17-7)19(8(2)18-11)10-5-3-9(14)4-6-10;1-7-16-11(14)10-12(17-7)18(6-15-10)9-4-2-8(3-5-9)13(19)20;2*1-7-16-11(14)10-12(17-7)18(6-15-10)9-4-2-8(13)3-5-9;1-7-15-11(13)10-12(16-7)17(6-14-10)8-2-4-9(5-3-8)18(19)20;/h3-7H,1-2H3;3-6H,1-2H3;2-6H,1H3,(H,19,20);2*2-6H,1H3;2-6H,1H3;1H4. The van der Waals surface area contributed by atoms with Crippen molar-refractivity contribution in [2.75, 3.05) is 0 Å². The van der Waals surface area contributed by atoms with Crippen LogP contribution in [0.25, 0.3) is 101 Å². The maximum atomic E-state index is 11.3. The molecule has 12 heterocycles. The third kappa shape index (κ3) is 18.7. The largest absolute Gasteiger partial charge is 0.478 e. The van der Waals surface area contributed by atoms with Crippen molar-refractivity contribution in [2.45, 2.75) is 62.8 Å². The highest BCUT2D eigenvalue weighted by Gasteiger charge is 2.20. The van der Waals surface area contributed by atoms with E-state index in [0.717, 1.165) is 64.6 Å². The number of non-ortho nitro benzene ring substituents is 1. The molecule has 18 rings (SSSR count). The summed E-state index contributed by atoms with van der Waals surface area (Å²) in [5.74, 6) is 3.47. The molecule has 0 aliphatic heterocycles. The summed E-state index contributed by atoms with van der Waals surface area (Å²) < 4.78 is 14.1. The van der Waals surface area contributed by atoms with Gasteiger partial charge in [0.25, 0.3) is 5.69 Å². The van der Waals surface area contributed by atoms with Crippen LogP contribution >= 0.6 is 117 Å². The molecule has 0 unspecified atom stereocenters. The minimum Gasteiger partial charge on any atom is -0.478 e. The van der Waals surface area contributed by atoms with Crippen molar-refractivity contribution >= 4 is 202 Å². The Morgan fingerprint density at radius 3 is 0.828 bits per heavy atom. The lowest BCUT2D eigenvalue weighted by molar-refractivity contribution is -0.384. The van der Waals surface area contributed by atoms with Crippen molar-refractivity contribution < 1.29 is 19.6 Å². The molecule has 0 aliphatic rings. The van der Waals surface area contributed by atoms with Gasteiger partial charge in [0.15, 0.2) is 70.6 Å². The van der Waals surface area contributed by atoms with Crippen molar-refractivity contribution in [3.63, 3.8) is 0 Å².